The van der Waals surface area contributed by atoms with Crippen LogP contribution in [-0.2, 0) is 11.2 Å². The Kier molecular flexibility index (Phi) is 4.99. The normalized spacial score (nSPS) is 25.2. The third kappa shape index (κ3) is 3.42. The Morgan fingerprint density at radius 3 is 2.39 bits per heavy atom. The van der Waals surface area contributed by atoms with Gasteiger partial charge in [-0.3, -0.25) is 4.79 Å². The highest BCUT2D eigenvalue weighted by molar-refractivity contribution is 8.22. The molecule has 1 saturated heterocycles. The van der Waals surface area contributed by atoms with E-state index in [1.165, 1.54) is 29.1 Å². The second-order valence-electron chi connectivity index (χ2n) is 5.57. The summed E-state index contributed by atoms with van der Waals surface area (Å²) in [4.78, 5) is 12.2. The topological polar surface area (TPSA) is 63.3 Å². The first-order valence-corrected chi connectivity index (χ1v) is 9.37. The quantitative estimate of drug-likeness (QED) is 0.874. The van der Waals surface area contributed by atoms with Crippen LogP contribution in [0, 0.1) is 0 Å². The lowest BCUT2D eigenvalue weighted by Gasteiger charge is -2.29. The number of rotatable bonds is 5. The standard InChI is InChI=1S/C18H19NO2S2/c19-17(21)18(16(20)11-13-7-3-1-4-8-13)22-12-15(23-18)14-9-5-2-6-10-14/h1-10,15-16,20H,11-12H2,(H2,19,21)/t15?,16?,18-/m1/s1. The minimum Gasteiger partial charge on any atom is -0.390 e. The maximum atomic E-state index is 12.2. The molecular formula is C18H19NO2S2. The molecule has 1 fully saturated rings. The van der Waals surface area contributed by atoms with E-state index in [9.17, 15) is 9.90 Å². The van der Waals surface area contributed by atoms with Crippen LogP contribution in [0.25, 0.3) is 0 Å². The van der Waals surface area contributed by atoms with E-state index >= 15 is 0 Å². The monoisotopic (exact) mass is 345 g/mol. The molecule has 1 aliphatic rings. The van der Waals surface area contributed by atoms with Gasteiger partial charge in [0.2, 0.25) is 5.91 Å². The zero-order valence-electron chi connectivity index (χ0n) is 12.6. The molecule has 5 heteroatoms. The van der Waals surface area contributed by atoms with E-state index in [0.29, 0.717) is 6.42 Å². The van der Waals surface area contributed by atoms with Crippen molar-refractivity contribution in [1.29, 1.82) is 0 Å². The zero-order chi connectivity index (χ0) is 16.3. The summed E-state index contributed by atoms with van der Waals surface area (Å²) in [5, 5.41) is 10.9. The third-order valence-corrected chi connectivity index (χ3v) is 7.79. The van der Waals surface area contributed by atoms with Gasteiger partial charge >= 0.3 is 0 Å². The van der Waals surface area contributed by atoms with Crippen LogP contribution in [0.3, 0.4) is 0 Å². The van der Waals surface area contributed by atoms with Crippen LogP contribution in [0.15, 0.2) is 60.7 Å². The molecule has 0 aliphatic carbocycles. The number of nitrogens with two attached hydrogens (primary N) is 1. The van der Waals surface area contributed by atoms with Crippen molar-refractivity contribution in [3.05, 3.63) is 71.8 Å². The van der Waals surface area contributed by atoms with E-state index < -0.39 is 16.1 Å². The van der Waals surface area contributed by atoms with Gasteiger partial charge in [-0.1, -0.05) is 60.7 Å². The Balaban J connectivity index is 1.80. The van der Waals surface area contributed by atoms with Crippen molar-refractivity contribution in [2.45, 2.75) is 21.9 Å². The lowest BCUT2D eigenvalue weighted by molar-refractivity contribution is -0.120. The number of amides is 1. The fraction of sp³-hybridized carbons (Fsp3) is 0.278. The Morgan fingerprint density at radius 2 is 1.78 bits per heavy atom. The molecule has 3 nitrogen and oxygen atoms in total. The molecular weight excluding hydrogens is 326 g/mol. The van der Waals surface area contributed by atoms with Crippen LogP contribution in [-0.4, -0.2) is 26.9 Å². The van der Waals surface area contributed by atoms with Crippen LogP contribution >= 0.6 is 23.5 Å². The molecule has 1 aliphatic heterocycles. The van der Waals surface area contributed by atoms with Gasteiger partial charge in [-0.05, 0) is 11.1 Å². The first kappa shape index (κ1) is 16.4. The Bertz CT molecular complexity index is 665. The molecule has 2 aromatic carbocycles. The molecule has 0 saturated carbocycles. The van der Waals surface area contributed by atoms with E-state index in [0.717, 1.165) is 11.3 Å². The summed E-state index contributed by atoms with van der Waals surface area (Å²) in [5.41, 5.74) is 7.86. The van der Waals surface area contributed by atoms with Crippen molar-refractivity contribution in [3.8, 4) is 0 Å². The maximum Gasteiger partial charge on any atom is 0.246 e. The number of hydrogen-bond acceptors (Lipinski definition) is 4. The average molecular weight is 345 g/mol. The van der Waals surface area contributed by atoms with Crippen molar-refractivity contribution in [3.63, 3.8) is 0 Å². The number of thioether (sulfide) groups is 2. The van der Waals surface area contributed by atoms with Crippen molar-refractivity contribution >= 4 is 29.4 Å². The molecule has 0 spiro atoms. The highest BCUT2D eigenvalue weighted by Gasteiger charge is 2.51. The van der Waals surface area contributed by atoms with Crippen molar-refractivity contribution < 1.29 is 9.90 Å². The minimum atomic E-state index is -0.990. The van der Waals surface area contributed by atoms with Gasteiger partial charge in [0.1, 0.15) is 0 Å². The summed E-state index contributed by atoms with van der Waals surface area (Å²) >= 11 is 2.95. The van der Waals surface area contributed by atoms with Crippen molar-refractivity contribution in [2.75, 3.05) is 5.75 Å². The lowest BCUT2D eigenvalue weighted by atomic mass is 10.0. The van der Waals surface area contributed by atoms with E-state index in [1.807, 2.05) is 48.5 Å². The summed E-state index contributed by atoms with van der Waals surface area (Å²) in [6, 6.07) is 19.8. The molecule has 1 amide bonds. The molecule has 1 heterocycles. The number of primary amides is 1. The molecule has 0 bridgehead atoms. The van der Waals surface area contributed by atoms with E-state index in [2.05, 4.69) is 12.1 Å². The fourth-order valence-corrected chi connectivity index (χ4v) is 6.13. The number of benzene rings is 2. The number of carbonyl (C=O) groups excluding carboxylic acids is 1. The molecule has 3 atom stereocenters. The third-order valence-electron chi connectivity index (χ3n) is 3.99. The second kappa shape index (κ2) is 6.99. The summed E-state index contributed by atoms with van der Waals surface area (Å²) < 4.78 is -0.990. The predicted molar refractivity (Wildman–Crippen MR) is 97.3 cm³/mol. The van der Waals surface area contributed by atoms with Gasteiger partial charge in [0.05, 0.1) is 6.10 Å². The smallest absolute Gasteiger partial charge is 0.246 e. The number of carbonyl (C=O) groups is 1. The van der Waals surface area contributed by atoms with Gasteiger partial charge in [-0.2, -0.15) is 0 Å². The molecule has 3 rings (SSSR count). The maximum absolute atomic E-state index is 12.2. The summed E-state index contributed by atoms with van der Waals surface area (Å²) in [5.74, 6) is 0.318. The summed E-state index contributed by atoms with van der Waals surface area (Å²) in [7, 11) is 0. The van der Waals surface area contributed by atoms with Crippen LogP contribution < -0.4 is 5.73 Å². The van der Waals surface area contributed by atoms with Crippen LogP contribution in [0.2, 0.25) is 0 Å². The molecule has 2 unspecified atom stereocenters. The van der Waals surface area contributed by atoms with Gasteiger partial charge in [0.25, 0.3) is 0 Å². The number of aliphatic hydroxyl groups is 1. The van der Waals surface area contributed by atoms with E-state index in [4.69, 9.17) is 5.73 Å². The molecule has 3 N–H and O–H groups in total. The van der Waals surface area contributed by atoms with Crippen LogP contribution in [0.5, 0.6) is 0 Å². The highest BCUT2D eigenvalue weighted by atomic mass is 32.2. The fourth-order valence-electron chi connectivity index (χ4n) is 2.75. The minimum absolute atomic E-state index is 0.166. The molecule has 0 radical (unpaired) electrons. The lowest BCUT2D eigenvalue weighted by Crippen LogP contribution is -2.47. The molecule has 2 aromatic rings. The van der Waals surface area contributed by atoms with E-state index in [-0.39, 0.29) is 5.25 Å². The Hall–Kier alpha value is -1.43. The van der Waals surface area contributed by atoms with Crippen LogP contribution in [0.1, 0.15) is 16.4 Å². The molecule has 120 valence electrons. The molecule has 0 aromatic heterocycles. The first-order chi connectivity index (χ1) is 11.1. The Morgan fingerprint density at radius 1 is 1.17 bits per heavy atom. The number of aliphatic hydroxyl groups excluding tert-OH is 1. The van der Waals surface area contributed by atoms with Crippen LogP contribution in [0.4, 0.5) is 0 Å². The Labute approximate surface area is 144 Å². The largest absolute Gasteiger partial charge is 0.390 e. The SMILES string of the molecule is NC(=O)[C@]1(C(O)Cc2ccccc2)SCC(c2ccccc2)S1. The van der Waals surface area contributed by atoms with Gasteiger partial charge in [0, 0.05) is 17.4 Å². The second-order valence-corrected chi connectivity index (χ2v) is 8.54. The zero-order valence-corrected chi connectivity index (χ0v) is 14.2. The summed E-state index contributed by atoms with van der Waals surface area (Å²) in [6.45, 7) is 0. The van der Waals surface area contributed by atoms with E-state index in [1.54, 1.807) is 0 Å². The van der Waals surface area contributed by atoms with Gasteiger partial charge in [-0.25, -0.2) is 0 Å². The van der Waals surface area contributed by atoms with Gasteiger partial charge < -0.3 is 10.8 Å². The first-order valence-electron chi connectivity index (χ1n) is 7.50. The predicted octanol–water partition coefficient (Wildman–Crippen LogP) is 2.99. The average Bonchev–Trinajstić information content (AvgIpc) is 3.03. The number of hydrogen-bond donors (Lipinski definition) is 2. The van der Waals surface area contributed by atoms with Gasteiger partial charge in [0.15, 0.2) is 4.08 Å². The van der Waals surface area contributed by atoms with Gasteiger partial charge in [-0.15, -0.1) is 23.5 Å². The highest BCUT2D eigenvalue weighted by Crippen LogP contribution is 2.56. The van der Waals surface area contributed by atoms with Crippen molar-refractivity contribution in [2.24, 2.45) is 5.73 Å². The molecule has 23 heavy (non-hydrogen) atoms. The summed E-state index contributed by atoms with van der Waals surface area (Å²) in [6.07, 6.45) is -0.392. The van der Waals surface area contributed by atoms with Crippen molar-refractivity contribution in [1.82, 2.24) is 0 Å².